The number of carbonyl (C=O) groups is 1. The molecule has 17 heavy (non-hydrogen) atoms. The smallest absolute Gasteiger partial charge is 0.185 e. The lowest BCUT2D eigenvalue weighted by atomic mass is 9.64. The predicted octanol–water partition coefficient (Wildman–Crippen LogP) is 1.17. The van der Waals surface area contributed by atoms with Gasteiger partial charge >= 0.3 is 0 Å². The van der Waals surface area contributed by atoms with Gasteiger partial charge in [0.2, 0.25) is 0 Å². The number of carbonyl (C=O) groups excluding carboxylic acids is 1. The molecule has 0 aromatic heterocycles. The summed E-state index contributed by atoms with van der Waals surface area (Å²) in [5.41, 5.74) is 5.38. The fourth-order valence-corrected chi connectivity index (χ4v) is 2.66. The Balaban J connectivity index is 2.47. The topological polar surface area (TPSA) is 63.3 Å². The van der Waals surface area contributed by atoms with E-state index in [4.69, 9.17) is 25.2 Å². The molecule has 1 saturated carbocycles. The molecule has 5 heteroatoms. The van der Waals surface area contributed by atoms with E-state index in [1.165, 1.54) is 0 Å². The second-order valence-corrected chi connectivity index (χ2v) is 4.94. The van der Waals surface area contributed by atoms with Crippen LogP contribution in [-0.2, 0) is 10.3 Å². The number of hydrogen-bond acceptors (Lipinski definition) is 3. The predicted molar refractivity (Wildman–Crippen MR) is 67.1 cm³/mol. The van der Waals surface area contributed by atoms with E-state index in [0.717, 1.165) is 0 Å². The van der Waals surface area contributed by atoms with Crippen molar-refractivity contribution in [1.82, 2.24) is 0 Å². The van der Waals surface area contributed by atoms with Gasteiger partial charge in [-0.25, -0.2) is 0 Å². The van der Waals surface area contributed by atoms with Crippen molar-refractivity contribution in [3.63, 3.8) is 0 Å². The maximum atomic E-state index is 12.1. The van der Waals surface area contributed by atoms with Crippen LogP contribution in [0.2, 0.25) is 10.8 Å². The molecule has 3 nitrogen and oxygen atoms in total. The fourth-order valence-electron chi connectivity index (χ4n) is 2.35. The number of benzene rings is 1. The van der Waals surface area contributed by atoms with Gasteiger partial charge in [-0.15, -0.1) is 0 Å². The van der Waals surface area contributed by atoms with Crippen LogP contribution >= 0.6 is 11.6 Å². The molecule has 0 bridgehead atoms. The molecule has 88 valence electrons. The van der Waals surface area contributed by atoms with Crippen molar-refractivity contribution in [3.8, 4) is 0 Å². The molecule has 3 N–H and O–H groups in total. The van der Waals surface area contributed by atoms with Crippen LogP contribution in [0.4, 0.5) is 0 Å². The number of rotatable bonds is 1. The maximum Gasteiger partial charge on any atom is 0.185 e. The van der Waals surface area contributed by atoms with Crippen molar-refractivity contribution < 1.29 is 9.90 Å². The number of aliphatic hydroxyl groups excluding tert-OH is 1. The zero-order valence-corrected chi connectivity index (χ0v) is 10.0. The lowest BCUT2D eigenvalue weighted by Gasteiger charge is -2.38. The number of nitrogens with two attached hydrogens (primary N) is 1. The second-order valence-electron chi connectivity index (χ2n) is 4.53. The van der Waals surface area contributed by atoms with Crippen molar-refractivity contribution >= 4 is 25.2 Å². The molecule has 1 aromatic carbocycles. The van der Waals surface area contributed by atoms with Crippen LogP contribution in [0.1, 0.15) is 18.4 Å². The molecule has 1 aliphatic rings. The molecule has 0 unspecified atom stereocenters. The highest BCUT2D eigenvalue weighted by Crippen LogP contribution is 2.39. The Kier molecular flexibility index (Phi) is 3.30. The quantitative estimate of drug-likeness (QED) is 0.735. The highest BCUT2D eigenvalue weighted by molar-refractivity contribution is 6.31. The number of halogens is 1. The first kappa shape index (κ1) is 12.6. The van der Waals surface area contributed by atoms with Crippen molar-refractivity contribution in [1.29, 1.82) is 0 Å². The van der Waals surface area contributed by atoms with Crippen molar-refractivity contribution in [2.75, 3.05) is 0 Å². The van der Waals surface area contributed by atoms with E-state index >= 15 is 0 Å². The Morgan fingerprint density at radius 1 is 1.47 bits per heavy atom. The van der Waals surface area contributed by atoms with Gasteiger partial charge in [-0.05, 0) is 24.5 Å². The number of Topliss-reactive ketones (excluding diaryl/α,β-unsaturated/α-hetero) is 1. The molecule has 0 spiro atoms. The molecule has 0 amide bonds. The second kappa shape index (κ2) is 4.44. The minimum Gasteiger partial charge on any atom is -0.385 e. The van der Waals surface area contributed by atoms with Crippen LogP contribution in [0.25, 0.3) is 0 Å². The molecule has 0 heterocycles. The first-order valence-electron chi connectivity index (χ1n) is 5.47. The average Bonchev–Trinajstić information content (AvgIpc) is 2.26. The average molecular weight is 250 g/mol. The van der Waals surface area contributed by atoms with Crippen molar-refractivity contribution in [2.24, 2.45) is 5.73 Å². The van der Waals surface area contributed by atoms with E-state index in [9.17, 15) is 9.90 Å². The summed E-state index contributed by atoms with van der Waals surface area (Å²) in [6.45, 7) is 0. The summed E-state index contributed by atoms with van der Waals surface area (Å²) in [7, 11) is 5.82. The Morgan fingerprint density at radius 3 is 2.76 bits per heavy atom. The summed E-state index contributed by atoms with van der Waals surface area (Å²) >= 11 is 6.05. The van der Waals surface area contributed by atoms with E-state index in [2.05, 4.69) is 0 Å². The third-order valence-corrected chi connectivity index (χ3v) is 3.54. The van der Waals surface area contributed by atoms with Crippen LogP contribution in [0.15, 0.2) is 24.3 Å². The van der Waals surface area contributed by atoms with Gasteiger partial charge in [0.05, 0.1) is 7.85 Å². The highest BCUT2D eigenvalue weighted by atomic mass is 35.5. The SMILES string of the molecule is [B][C@H]1C[C@@H](O)C(=O)[C@](N)(c2ccccc2Cl)C1. The molecular weight excluding hydrogens is 236 g/mol. The van der Waals surface area contributed by atoms with Gasteiger partial charge in [0.15, 0.2) is 5.78 Å². The lowest BCUT2D eigenvalue weighted by molar-refractivity contribution is -0.136. The van der Waals surface area contributed by atoms with Gasteiger partial charge in [-0.3, -0.25) is 4.79 Å². The standard InChI is InChI=1S/C12H13BClNO2/c13-7-5-10(16)11(17)12(15,6-7)8-3-1-2-4-9(8)14/h1-4,7,10,16H,5-6,15H2/t7-,10+,12+/m0/s1. The first-order valence-corrected chi connectivity index (χ1v) is 5.85. The normalized spacial score (nSPS) is 33.7. The zero-order chi connectivity index (χ0) is 12.6. The van der Waals surface area contributed by atoms with E-state index in [-0.39, 0.29) is 12.2 Å². The summed E-state index contributed by atoms with van der Waals surface area (Å²) < 4.78 is 0. The summed E-state index contributed by atoms with van der Waals surface area (Å²) in [5, 5.41) is 10.1. The largest absolute Gasteiger partial charge is 0.385 e. The zero-order valence-electron chi connectivity index (χ0n) is 9.27. The summed E-state index contributed by atoms with van der Waals surface area (Å²) in [5.74, 6) is -0.712. The van der Waals surface area contributed by atoms with Crippen LogP contribution in [0.5, 0.6) is 0 Å². The fraction of sp³-hybridized carbons (Fsp3) is 0.417. The summed E-state index contributed by atoms with van der Waals surface area (Å²) in [6, 6.07) is 6.89. The number of hydrogen-bond donors (Lipinski definition) is 2. The minimum absolute atomic E-state index is 0.252. The molecule has 3 atom stereocenters. The molecule has 1 aromatic rings. The van der Waals surface area contributed by atoms with Gasteiger partial charge in [-0.1, -0.05) is 35.6 Å². The molecule has 0 saturated heterocycles. The minimum atomic E-state index is -1.28. The Bertz CT molecular complexity index is 454. The van der Waals surface area contributed by atoms with Crippen LogP contribution in [-0.4, -0.2) is 24.8 Å². The van der Waals surface area contributed by atoms with E-state index in [1.54, 1.807) is 24.3 Å². The third-order valence-electron chi connectivity index (χ3n) is 3.21. The van der Waals surface area contributed by atoms with Gasteiger partial charge in [0.25, 0.3) is 0 Å². The highest BCUT2D eigenvalue weighted by Gasteiger charge is 2.45. The maximum absolute atomic E-state index is 12.1. The molecule has 1 fully saturated rings. The molecule has 2 radical (unpaired) electrons. The molecule has 1 aliphatic carbocycles. The van der Waals surface area contributed by atoms with E-state index < -0.39 is 17.4 Å². The van der Waals surface area contributed by atoms with Crippen molar-refractivity contribution in [2.45, 2.75) is 30.3 Å². The lowest BCUT2D eigenvalue weighted by Crippen LogP contribution is -2.54. The summed E-state index contributed by atoms with van der Waals surface area (Å²) in [4.78, 5) is 12.1. The Hall–Kier alpha value is -0.835. The molecular formula is C12H13BClNO2. The van der Waals surface area contributed by atoms with Gasteiger partial charge in [-0.2, -0.15) is 0 Å². The van der Waals surface area contributed by atoms with E-state index in [0.29, 0.717) is 17.0 Å². The number of ketones is 1. The van der Waals surface area contributed by atoms with Crippen LogP contribution in [0.3, 0.4) is 0 Å². The summed E-state index contributed by atoms with van der Waals surface area (Å²) in [6.07, 6.45) is -0.561. The van der Waals surface area contributed by atoms with Gasteiger partial charge in [0, 0.05) is 5.02 Å². The van der Waals surface area contributed by atoms with Crippen LogP contribution in [0, 0.1) is 0 Å². The van der Waals surface area contributed by atoms with Gasteiger partial charge < -0.3 is 10.8 Å². The van der Waals surface area contributed by atoms with Crippen LogP contribution < -0.4 is 5.73 Å². The molecule has 2 rings (SSSR count). The number of aliphatic hydroxyl groups is 1. The first-order chi connectivity index (χ1) is 7.95. The monoisotopic (exact) mass is 249 g/mol. The van der Waals surface area contributed by atoms with E-state index in [1.807, 2.05) is 0 Å². The van der Waals surface area contributed by atoms with Crippen molar-refractivity contribution in [3.05, 3.63) is 34.9 Å². The Labute approximate surface area is 106 Å². The molecule has 0 aliphatic heterocycles. The third kappa shape index (κ3) is 2.13. The Morgan fingerprint density at radius 2 is 2.12 bits per heavy atom. The van der Waals surface area contributed by atoms with Gasteiger partial charge in [0.1, 0.15) is 11.6 Å².